The predicted octanol–water partition coefficient (Wildman–Crippen LogP) is 1.04. The quantitative estimate of drug-likeness (QED) is 0.370. The molecule has 2 heterocycles. The number of amides is 1. The number of aliphatic hydroxyl groups excluding tert-OH is 1. The summed E-state index contributed by atoms with van der Waals surface area (Å²) in [5.41, 5.74) is 1.28. The topological polar surface area (TPSA) is 89.7 Å². The summed E-state index contributed by atoms with van der Waals surface area (Å²) in [5, 5.41) is 11.1. The number of carbonyl (C=O) groups excluding carboxylic acids is 2. The van der Waals surface area contributed by atoms with Gasteiger partial charge in [-0.3, -0.25) is 9.59 Å². The van der Waals surface area contributed by atoms with Crippen molar-refractivity contribution in [3.8, 4) is 11.5 Å². The number of carbonyl (C=O) groups is 2. The Kier molecular flexibility index (Phi) is 6.96. The summed E-state index contributed by atoms with van der Waals surface area (Å²) in [7, 11) is 3.14. The number of methoxy groups -OCH3 is 2. The maximum Gasteiger partial charge on any atom is 0.295 e. The fraction of sp³-hybridized carbons (Fsp3) is 0.360. The van der Waals surface area contributed by atoms with Gasteiger partial charge in [-0.2, -0.15) is 0 Å². The first kappa shape index (κ1) is 22.8. The molecule has 0 aromatic heterocycles. The molecular formula is C25H29N2O6+. The Morgan fingerprint density at radius 2 is 1.58 bits per heavy atom. The second-order valence-corrected chi connectivity index (χ2v) is 8.11. The number of hydrogen-bond acceptors (Lipinski definition) is 6. The lowest BCUT2D eigenvalue weighted by molar-refractivity contribution is -0.907. The third-order valence-electron chi connectivity index (χ3n) is 6.24. The molecule has 4 rings (SSSR count). The summed E-state index contributed by atoms with van der Waals surface area (Å²) in [6.45, 7) is 4.20. The molecule has 2 aromatic rings. The van der Waals surface area contributed by atoms with Crippen molar-refractivity contribution < 1.29 is 33.8 Å². The molecule has 174 valence electrons. The van der Waals surface area contributed by atoms with E-state index in [-0.39, 0.29) is 11.3 Å². The number of quaternary nitrogens is 1. The highest BCUT2D eigenvalue weighted by molar-refractivity contribution is 6.46. The highest BCUT2D eigenvalue weighted by Crippen LogP contribution is 2.39. The highest BCUT2D eigenvalue weighted by atomic mass is 16.5. The van der Waals surface area contributed by atoms with Crippen molar-refractivity contribution in [2.24, 2.45) is 0 Å². The number of nitrogens with zero attached hydrogens (tertiary/aromatic N) is 1. The zero-order chi connectivity index (χ0) is 23.4. The van der Waals surface area contributed by atoms with Crippen LogP contribution in [0.1, 0.15) is 17.2 Å². The molecule has 0 saturated carbocycles. The van der Waals surface area contributed by atoms with Gasteiger partial charge in [0.1, 0.15) is 30.3 Å². The number of ether oxygens (including phenoxy) is 3. The molecule has 1 atom stereocenters. The third kappa shape index (κ3) is 4.72. The molecule has 2 fully saturated rings. The number of likely N-dealkylation sites (tertiary alicyclic amines) is 1. The molecular weight excluding hydrogens is 424 g/mol. The smallest absolute Gasteiger partial charge is 0.295 e. The molecule has 0 radical (unpaired) electrons. The van der Waals surface area contributed by atoms with Gasteiger partial charge in [-0.1, -0.05) is 12.1 Å². The van der Waals surface area contributed by atoms with E-state index in [2.05, 4.69) is 0 Å². The Morgan fingerprint density at radius 1 is 1.00 bits per heavy atom. The average molecular weight is 454 g/mol. The molecule has 1 amide bonds. The molecule has 8 nitrogen and oxygen atoms in total. The van der Waals surface area contributed by atoms with Crippen LogP contribution in [-0.4, -0.2) is 75.3 Å². The monoisotopic (exact) mass is 453 g/mol. The van der Waals surface area contributed by atoms with Gasteiger partial charge < -0.3 is 29.1 Å². The van der Waals surface area contributed by atoms with Crippen LogP contribution in [0.3, 0.4) is 0 Å². The molecule has 8 heteroatoms. The van der Waals surface area contributed by atoms with Gasteiger partial charge >= 0.3 is 0 Å². The average Bonchev–Trinajstić information content (AvgIpc) is 3.12. The van der Waals surface area contributed by atoms with E-state index in [1.165, 1.54) is 4.90 Å². The summed E-state index contributed by atoms with van der Waals surface area (Å²) in [5.74, 6) is -0.173. The van der Waals surface area contributed by atoms with Gasteiger partial charge in [-0.05, 0) is 42.0 Å². The Labute approximate surface area is 193 Å². The minimum Gasteiger partial charge on any atom is -0.507 e. The second kappa shape index (κ2) is 10.1. The standard InChI is InChI=1S/C25H28N2O6/c1-31-19-7-3-17(4-8-19)22-21(23(28)18-5-9-20(32-2)10-6-18)24(29)25(30)27(22)12-11-26-13-15-33-16-14-26/h3-10,22,28H,11-16H2,1-2H3/p+1/t22-/m0/s1. The number of Topliss-reactive ketones (excluding diaryl/α,β-unsaturated/α-hetero) is 1. The van der Waals surface area contributed by atoms with Crippen molar-refractivity contribution in [2.45, 2.75) is 6.04 Å². The van der Waals surface area contributed by atoms with Crippen LogP contribution in [0.5, 0.6) is 11.5 Å². The minimum absolute atomic E-state index is 0.0901. The first-order chi connectivity index (χ1) is 16.0. The third-order valence-corrected chi connectivity index (χ3v) is 6.24. The summed E-state index contributed by atoms with van der Waals surface area (Å²) in [4.78, 5) is 29.1. The number of rotatable bonds is 7. The zero-order valence-corrected chi connectivity index (χ0v) is 18.9. The number of benzene rings is 2. The van der Waals surface area contributed by atoms with E-state index in [1.54, 1.807) is 55.5 Å². The predicted molar refractivity (Wildman–Crippen MR) is 121 cm³/mol. The number of aliphatic hydroxyl groups is 1. The summed E-state index contributed by atoms with van der Waals surface area (Å²) in [6, 6.07) is 13.3. The van der Waals surface area contributed by atoms with E-state index in [9.17, 15) is 14.7 Å². The molecule has 0 aliphatic carbocycles. The largest absolute Gasteiger partial charge is 0.507 e. The Hall–Kier alpha value is -3.36. The Bertz CT molecular complexity index is 1030. The van der Waals surface area contributed by atoms with Crippen LogP contribution in [0.4, 0.5) is 0 Å². The normalized spacial score (nSPS) is 20.8. The van der Waals surface area contributed by atoms with Crippen LogP contribution in [0.15, 0.2) is 54.1 Å². The van der Waals surface area contributed by atoms with Crippen molar-refractivity contribution in [3.63, 3.8) is 0 Å². The SMILES string of the molecule is COc1ccc(C(O)=C2C(=O)C(=O)N(CC[NH+]3CCOCC3)[C@H]2c2ccc(OC)cc2)cc1. The molecule has 0 spiro atoms. The van der Waals surface area contributed by atoms with Gasteiger partial charge in [0.05, 0.1) is 52.1 Å². The number of nitrogens with one attached hydrogen (secondary N) is 1. The number of hydrogen-bond donors (Lipinski definition) is 2. The van der Waals surface area contributed by atoms with Crippen LogP contribution in [0, 0.1) is 0 Å². The van der Waals surface area contributed by atoms with E-state index in [0.29, 0.717) is 43.4 Å². The van der Waals surface area contributed by atoms with Crippen LogP contribution in [-0.2, 0) is 14.3 Å². The van der Waals surface area contributed by atoms with Gasteiger partial charge in [-0.15, -0.1) is 0 Å². The lowest BCUT2D eigenvalue weighted by atomic mass is 9.95. The second-order valence-electron chi connectivity index (χ2n) is 8.11. The van der Waals surface area contributed by atoms with Crippen LogP contribution < -0.4 is 14.4 Å². The van der Waals surface area contributed by atoms with E-state index >= 15 is 0 Å². The van der Waals surface area contributed by atoms with E-state index in [0.717, 1.165) is 18.7 Å². The summed E-state index contributed by atoms with van der Waals surface area (Å²) < 4.78 is 15.9. The lowest BCUT2D eigenvalue weighted by Gasteiger charge is -2.29. The van der Waals surface area contributed by atoms with Crippen LogP contribution >= 0.6 is 0 Å². The highest BCUT2D eigenvalue weighted by Gasteiger charge is 2.46. The van der Waals surface area contributed by atoms with Gasteiger partial charge in [0.2, 0.25) is 0 Å². The first-order valence-electron chi connectivity index (χ1n) is 11.0. The van der Waals surface area contributed by atoms with Crippen LogP contribution in [0.2, 0.25) is 0 Å². The van der Waals surface area contributed by atoms with Crippen molar-refractivity contribution in [2.75, 3.05) is 53.6 Å². The molecule has 2 aromatic carbocycles. The van der Waals surface area contributed by atoms with E-state index in [1.807, 2.05) is 12.1 Å². The minimum atomic E-state index is -0.682. The maximum atomic E-state index is 13.1. The first-order valence-corrected chi connectivity index (χ1v) is 11.0. The molecule has 33 heavy (non-hydrogen) atoms. The van der Waals surface area contributed by atoms with E-state index < -0.39 is 17.7 Å². The van der Waals surface area contributed by atoms with Gasteiger partial charge in [0, 0.05) is 5.56 Å². The molecule has 2 aliphatic heterocycles. The van der Waals surface area contributed by atoms with Gasteiger partial charge in [0.25, 0.3) is 11.7 Å². The van der Waals surface area contributed by atoms with Crippen LogP contribution in [0.25, 0.3) is 5.76 Å². The molecule has 2 N–H and O–H groups in total. The summed E-state index contributed by atoms with van der Waals surface area (Å²) in [6.07, 6.45) is 0. The van der Waals surface area contributed by atoms with Crippen molar-refractivity contribution in [1.29, 1.82) is 0 Å². The maximum absolute atomic E-state index is 13.1. The lowest BCUT2D eigenvalue weighted by Crippen LogP contribution is -3.14. The molecule has 0 bridgehead atoms. The molecule has 0 unspecified atom stereocenters. The Balaban J connectivity index is 1.72. The van der Waals surface area contributed by atoms with Crippen molar-refractivity contribution >= 4 is 17.4 Å². The number of ketones is 1. The number of morpholine rings is 1. The summed E-state index contributed by atoms with van der Waals surface area (Å²) >= 11 is 0. The van der Waals surface area contributed by atoms with Gasteiger partial charge in [0.15, 0.2) is 0 Å². The van der Waals surface area contributed by atoms with Crippen molar-refractivity contribution in [1.82, 2.24) is 4.90 Å². The Morgan fingerprint density at radius 3 is 2.15 bits per heavy atom. The molecule has 2 saturated heterocycles. The fourth-order valence-corrected chi connectivity index (χ4v) is 4.34. The fourth-order valence-electron chi connectivity index (χ4n) is 4.34. The molecule has 2 aliphatic rings. The van der Waals surface area contributed by atoms with Gasteiger partial charge in [-0.25, -0.2) is 0 Å². The van der Waals surface area contributed by atoms with Crippen molar-refractivity contribution in [3.05, 3.63) is 65.2 Å². The zero-order valence-electron chi connectivity index (χ0n) is 18.9. The van der Waals surface area contributed by atoms with E-state index in [4.69, 9.17) is 14.2 Å².